The maximum absolute atomic E-state index is 5.86. The predicted octanol–water partition coefficient (Wildman–Crippen LogP) is 1.63. The Morgan fingerprint density at radius 3 is 2.94 bits per heavy atom. The number of nitrogens with zero attached hydrogens (tertiary/aromatic N) is 1. The van der Waals surface area contributed by atoms with E-state index in [1.54, 1.807) is 13.3 Å². The summed E-state index contributed by atoms with van der Waals surface area (Å²) >= 11 is 0. The third kappa shape index (κ3) is 2.27. The smallest absolute Gasteiger partial charge is 0.214 e. The summed E-state index contributed by atoms with van der Waals surface area (Å²) in [7, 11) is 1.62. The molecular formula is C12H19N3O. The number of anilines is 1. The second-order valence-electron chi connectivity index (χ2n) is 4.61. The minimum Gasteiger partial charge on any atom is -0.481 e. The zero-order chi connectivity index (χ0) is 11.6. The summed E-state index contributed by atoms with van der Waals surface area (Å²) < 4.78 is 5.10. The number of methoxy groups -OCH3 is 1. The zero-order valence-electron chi connectivity index (χ0n) is 9.86. The molecule has 0 bridgehead atoms. The fraction of sp³-hybridized carbons (Fsp3) is 0.583. The van der Waals surface area contributed by atoms with Crippen LogP contribution in [0.4, 0.5) is 5.69 Å². The first kappa shape index (κ1) is 11.2. The Balaban J connectivity index is 2.12. The molecule has 0 amide bonds. The highest BCUT2D eigenvalue weighted by Crippen LogP contribution is 2.40. The minimum atomic E-state index is -0.00757. The van der Waals surface area contributed by atoms with Gasteiger partial charge >= 0.3 is 0 Å². The lowest BCUT2D eigenvalue weighted by Crippen LogP contribution is -2.44. The van der Waals surface area contributed by atoms with Gasteiger partial charge < -0.3 is 15.8 Å². The van der Waals surface area contributed by atoms with Crippen LogP contribution in [0.3, 0.4) is 0 Å². The van der Waals surface area contributed by atoms with Crippen molar-refractivity contribution in [1.82, 2.24) is 4.98 Å². The number of pyridine rings is 1. The minimum absolute atomic E-state index is 0.00757. The number of hydrogen-bond acceptors (Lipinski definition) is 4. The molecule has 4 heteroatoms. The molecule has 16 heavy (non-hydrogen) atoms. The average Bonchev–Trinajstić information content (AvgIpc) is 3.13. The molecule has 1 aromatic heterocycles. The molecule has 3 N–H and O–H groups in total. The Kier molecular flexibility index (Phi) is 3.01. The molecule has 1 aliphatic rings. The van der Waals surface area contributed by atoms with Crippen molar-refractivity contribution in [2.75, 3.05) is 19.0 Å². The van der Waals surface area contributed by atoms with Crippen molar-refractivity contribution in [3.63, 3.8) is 0 Å². The quantitative estimate of drug-likeness (QED) is 0.793. The topological polar surface area (TPSA) is 60.2 Å². The van der Waals surface area contributed by atoms with Crippen LogP contribution in [0.5, 0.6) is 5.88 Å². The van der Waals surface area contributed by atoms with Crippen molar-refractivity contribution in [3.05, 3.63) is 18.3 Å². The standard InChI is InChI=1S/C12H19N3O/c1-12(8-13,9-3-4-9)15-10-5-6-14-11(7-10)16-2/h5-7,9H,3-4,8,13H2,1-2H3,(H,14,15). The lowest BCUT2D eigenvalue weighted by molar-refractivity contribution is 0.397. The first-order valence-electron chi connectivity index (χ1n) is 5.66. The van der Waals surface area contributed by atoms with Crippen LogP contribution < -0.4 is 15.8 Å². The van der Waals surface area contributed by atoms with Crippen LogP contribution in [0.2, 0.25) is 0 Å². The molecule has 2 rings (SSSR count). The van der Waals surface area contributed by atoms with Gasteiger partial charge in [-0.05, 0) is 31.7 Å². The van der Waals surface area contributed by atoms with Gasteiger partial charge in [0.05, 0.1) is 7.11 Å². The maximum Gasteiger partial charge on any atom is 0.214 e. The van der Waals surface area contributed by atoms with Gasteiger partial charge in [0.1, 0.15) is 0 Å². The van der Waals surface area contributed by atoms with Crippen LogP contribution in [0.15, 0.2) is 18.3 Å². The third-order valence-electron chi connectivity index (χ3n) is 3.28. The molecule has 0 aliphatic heterocycles. The van der Waals surface area contributed by atoms with E-state index in [-0.39, 0.29) is 5.54 Å². The largest absolute Gasteiger partial charge is 0.481 e. The zero-order valence-corrected chi connectivity index (χ0v) is 9.86. The van der Waals surface area contributed by atoms with Crippen molar-refractivity contribution in [3.8, 4) is 5.88 Å². The fourth-order valence-electron chi connectivity index (χ4n) is 1.97. The molecule has 4 nitrogen and oxygen atoms in total. The molecule has 0 aromatic carbocycles. The van der Waals surface area contributed by atoms with Gasteiger partial charge in [0.2, 0.25) is 5.88 Å². The summed E-state index contributed by atoms with van der Waals surface area (Å²) in [5.74, 6) is 1.32. The number of hydrogen-bond donors (Lipinski definition) is 2. The van der Waals surface area contributed by atoms with E-state index in [4.69, 9.17) is 10.5 Å². The lowest BCUT2D eigenvalue weighted by Gasteiger charge is -2.30. The van der Waals surface area contributed by atoms with Gasteiger partial charge in [-0.3, -0.25) is 0 Å². The summed E-state index contributed by atoms with van der Waals surface area (Å²) in [6.45, 7) is 2.82. The van der Waals surface area contributed by atoms with Crippen LogP contribution >= 0.6 is 0 Å². The van der Waals surface area contributed by atoms with Crippen LogP contribution in [0.1, 0.15) is 19.8 Å². The van der Waals surface area contributed by atoms with E-state index < -0.39 is 0 Å². The van der Waals surface area contributed by atoms with E-state index >= 15 is 0 Å². The number of rotatable bonds is 5. The molecule has 1 aromatic rings. The molecule has 1 unspecified atom stereocenters. The highest BCUT2D eigenvalue weighted by Gasteiger charge is 2.40. The molecule has 1 heterocycles. The SMILES string of the molecule is COc1cc(NC(C)(CN)C2CC2)ccn1. The van der Waals surface area contributed by atoms with E-state index in [1.165, 1.54) is 12.8 Å². The first-order chi connectivity index (χ1) is 7.68. The van der Waals surface area contributed by atoms with Gasteiger partial charge in [0.15, 0.2) is 0 Å². The van der Waals surface area contributed by atoms with Gasteiger partial charge in [0, 0.05) is 30.0 Å². The molecule has 0 saturated heterocycles. The van der Waals surface area contributed by atoms with E-state index in [0.29, 0.717) is 18.3 Å². The first-order valence-corrected chi connectivity index (χ1v) is 5.66. The second-order valence-corrected chi connectivity index (χ2v) is 4.61. The summed E-state index contributed by atoms with van der Waals surface area (Å²) in [4.78, 5) is 4.08. The van der Waals surface area contributed by atoms with E-state index in [1.807, 2.05) is 12.1 Å². The predicted molar refractivity (Wildman–Crippen MR) is 64.6 cm³/mol. The normalized spacial score (nSPS) is 18.9. The average molecular weight is 221 g/mol. The Morgan fingerprint density at radius 1 is 1.62 bits per heavy atom. The summed E-state index contributed by atoms with van der Waals surface area (Å²) in [5.41, 5.74) is 6.87. The second kappa shape index (κ2) is 4.29. The summed E-state index contributed by atoms with van der Waals surface area (Å²) in [6, 6.07) is 3.84. The molecule has 1 saturated carbocycles. The third-order valence-corrected chi connectivity index (χ3v) is 3.28. The molecule has 0 spiro atoms. The number of nitrogens with two attached hydrogens (primary N) is 1. The van der Waals surface area contributed by atoms with Gasteiger partial charge in [0.25, 0.3) is 0 Å². The van der Waals surface area contributed by atoms with Crippen molar-refractivity contribution >= 4 is 5.69 Å². The van der Waals surface area contributed by atoms with Gasteiger partial charge in [-0.1, -0.05) is 0 Å². The van der Waals surface area contributed by atoms with E-state index in [9.17, 15) is 0 Å². The monoisotopic (exact) mass is 221 g/mol. The Bertz CT molecular complexity index is 365. The van der Waals surface area contributed by atoms with Crippen molar-refractivity contribution in [2.45, 2.75) is 25.3 Å². The van der Waals surface area contributed by atoms with Crippen LogP contribution in [-0.2, 0) is 0 Å². The molecule has 1 aliphatic carbocycles. The molecule has 88 valence electrons. The van der Waals surface area contributed by atoms with Crippen LogP contribution in [0, 0.1) is 5.92 Å². The Hall–Kier alpha value is -1.29. The van der Waals surface area contributed by atoms with Crippen molar-refractivity contribution in [1.29, 1.82) is 0 Å². The number of aromatic nitrogens is 1. The van der Waals surface area contributed by atoms with Gasteiger partial charge in [-0.15, -0.1) is 0 Å². The molecule has 1 atom stereocenters. The van der Waals surface area contributed by atoms with Crippen molar-refractivity contribution < 1.29 is 4.74 Å². The van der Waals surface area contributed by atoms with Gasteiger partial charge in [-0.2, -0.15) is 0 Å². The Labute approximate surface area is 96.2 Å². The van der Waals surface area contributed by atoms with E-state index in [0.717, 1.165) is 5.69 Å². The van der Waals surface area contributed by atoms with Crippen LogP contribution in [-0.4, -0.2) is 24.2 Å². The highest BCUT2D eigenvalue weighted by atomic mass is 16.5. The molecule has 0 radical (unpaired) electrons. The summed E-state index contributed by atoms with van der Waals surface area (Å²) in [6.07, 6.45) is 4.27. The van der Waals surface area contributed by atoms with E-state index in [2.05, 4.69) is 17.2 Å². The lowest BCUT2D eigenvalue weighted by atomic mass is 9.95. The number of nitrogens with one attached hydrogen (secondary N) is 1. The fourth-order valence-corrected chi connectivity index (χ4v) is 1.97. The van der Waals surface area contributed by atoms with Crippen LogP contribution in [0.25, 0.3) is 0 Å². The van der Waals surface area contributed by atoms with Gasteiger partial charge in [-0.25, -0.2) is 4.98 Å². The molecule has 1 fully saturated rings. The van der Waals surface area contributed by atoms with Crippen molar-refractivity contribution in [2.24, 2.45) is 11.7 Å². The maximum atomic E-state index is 5.86. The number of ether oxygens (including phenoxy) is 1. The summed E-state index contributed by atoms with van der Waals surface area (Å²) in [5, 5.41) is 3.50. The highest BCUT2D eigenvalue weighted by molar-refractivity contribution is 5.47. The molecular weight excluding hydrogens is 202 g/mol. The Morgan fingerprint density at radius 2 is 2.38 bits per heavy atom.